The molecule has 2 rings (SSSR count). The predicted molar refractivity (Wildman–Crippen MR) is 92.0 cm³/mol. The first kappa shape index (κ1) is 18.7. The molecule has 0 unspecified atom stereocenters. The van der Waals surface area contributed by atoms with Crippen molar-refractivity contribution in [2.75, 3.05) is 32.0 Å². The van der Waals surface area contributed by atoms with E-state index in [0.717, 1.165) is 12.8 Å². The normalized spacial score (nSPS) is 17.6. The summed E-state index contributed by atoms with van der Waals surface area (Å²) >= 11 is 1.50. The molecule has 24 heavy (non-hydrogen) atoms. The number of amides is 2. The van der Waals surface area contributed by atoms with Crippen molar-refractivity contribution < 1.29 is 19.1 Å². The van der Waals surface area contributed by atoms with Gasteiger partial charge in [-0.25, -0.2) is 4.39 Å². The standard InChI is InChI=1S/C17H23FN2O3S/c18-15-6-2-1-5-14(15)12-24-9-7-19-16(22)17(23)20-8-3-4-13(10-20)11-21/h1-2,5-6,13,21H,3-4,7-12H2,(H,19,22)/t13-/m1/s1. The van der Waals surface area contributed by atoms with Gasteiger partial charge in [-0.3, -0.25) is 9.59 Å². The zero-order valence-electron chi connectivity index (χ0n) is 13.5. The molecule has 2 N–H and O–H groups in total. The van der Waals surface area contributed by atoms with E-state index >= 15 is 0 Å². The quantitative estimate of drug-likeness (QED) is 0.599. The molecule has 0 aliphatic carbocycles. The highest BCUT2D eigenvalue weighted by atomic mass is 32.2. The molecule has 0 radical (unpaired) electrons. The number of nitrogens with zero attached hydrogens (tertiary/aromatic N) is 1. The van der Waals surface area contributed by atoms with Crippen LogP contribution in [0.5, 0.6) is 0 Å². The first-order chi connectivity index (χ1) is 11.6. The fraction of sp³-hybridized carbons (Fsp3) is 0.529. The number of aliphatic hydroxyl groups is 1. The lowest BCUT2D eigenvalue weighted by Crippen LogP contribution is -2.48. The number of halogens is 1. The molecule has 0 spiro atoms. The number of nitrogens with one attached hydrogen (secondary N) is 1. The van der Waals surface area contributed by atoms with Gasteiger partial charge in [-0.2, -0.15) is 11.8 Å². The lowest BCUT2D eigenvalue weighted by molar-refractivity contribution is -0.147. The lowest BCUT2D eigenvalue weighted by Gasteiger charge is -2.31. The number of aliphatic hydroxyl groups excluding tert-OH is 1. The van der Waals surface area contributed by atoms with Gasteiger partial charge in [-0.15, -0.1) is 0 Å². The second-order valence-electron chi connectivity index (χ2n) is 5.84. The minimum absolute atomic E-state index is 0.0398. The van der Waals surface area contributed by atoms with Gasteiger partial charge in [-0.1, -0.05) is 18.2 Å². The molecule has 1 aromatic carbocycles. The van der Waals surface area contributed by atoms with Crippen molar-refractivity contribution in [2.24, 2.45) is 5.92 Å². The van der Waals surface area contributed by atoms with Crippen LogP contribution in [0.25, 0.3) is 0 Å². The van der Waals surface area contributed by atoms with Crippen molar-refractivity contribution >= 4 is 23.6 Å². The number of carbonyl (C=O) groups excluding carboxylic acids is 2. The second-order valence-corrected chi connectivity index (χ2v) is 6.95. The summed E-state index contributed by atoms with van der Waals surface area (Å²) in [4.78, 5) is 25.5. The fourth-order valence-electron chi connectivity index (χ4n) is 2.65. The Hall–Kier alpha value is -1.60. The molecule has 1 fully saturated rings. The lowest BCUT2D eigenvalue weighted by atomic mass is 9.99. The maximum atomic E-state index is 13.4. The average Bonchev–Trinajstić information content (AvgIpc) is 2.62. The van der Waals surface area contributed by atoms with Crippen LogP contribution in [0.4, 0.5) is 4.39 Å². The molecular weight excluding hydrogens is 331 g/mol. The Labute approximate surface area is 145 Å². The Kier molecular flexibility index (Phi) is 7.52. The third-order valence-corrected chi connectivity index (χ3v) is 5.01. The second kappa shape index (κ2) is 9.64. The summed E-state index contributed by atoms with van der Waals surface area (Å²) in [5.41, 5.74) is 0.633. The third-order valence-electron chi connectivity index (χ3n) is 4.01. The summed E-state index contributed by atoms with van der Waals surface area (Å²) < 4.78 is 13.4. The van der Waals surface area contributed by atoms with Crippen LogP contribution in [0.2, 0.25) is 0 Å². The van der Waals surface area contributed by atoms with E-state index in [4.69, 9.17) is 0 Å². The average molecular weight is 354 g/mol. The Morgan fingerprint density at radius 2 is 2.17 bits per heavy atom. The molecule has 1 aliphatic rings. The molecule has 0 bridgehead atoms. The summed E-state index contributed by atoms with van der Waals surface area (Å²) in [6, 6.07) is 6.60. The number of thioether (sulfide) groups is 1. The number of piperidine rings is 1. The Morgan fingerprint density at radius 1 is 1.38 bits per heavy atom. The molecule has 0 saturated carbocycles. The number of benzene rings is 1. The highest BCUT2D eigenvalue weighted by Gasteiger charge is 2.27. The summed E-state index contributed by atoms with van der Waals surface area (Å²) in [6.45, 7) is 1.40. The molecule has 5 nitrogen and oxygen atoms in total. The van der Waals surface area contributed by atoms with Crippen LogP contribution in [0, 0.1) is 11.7 Å². The van der Waals surface area contributed by atoms with Gasteiger partial charge in [0.15, 0.2) is 0 Å². The van der Waals surface area contributed by atoms with Gasteiger partial charge in [0.2, 0.25) is 0 Å². The maximum Gasteiger partial charge on any atom is 0.311 e. The van der Waals surface area contributed by atoms with Crippen LogP contribution >= 0.6 is 11.8 Å². The van der Waals surface area contributed by atoms with Gasteiger partial charge >= 0.3 is 11.8 Å². The van der Waals surface area contributed by atoms with Gasteiger partial charge in [0, 0.05) is 37.7 Å². The minimum atomic E-state index is -0.611. The monoisotopic (exact) mass is 354 g/mol. The van der Waals surface area contributed by atoms with Crippen molar-refractivity contribution in [2.45, 2.75) is 18.6 Å². The summed E-state index contributed by atoms with van der Waals surface area (Å²) in [5, 5.41) is 11.8. The molecule has 0 aromatic heterocycles. The molecule has 1 saturated heterocycles. The van der Waals surface area contributed by atoms with Crippen LogP contribution in [0.15, 0.2) is 24.3 Å². The predicted octanol–water partition coefficient (Wildman–Crippen LogP) is 1.41. The summed E-state index contributed by atoms with van der Waals surface area (Å²) in [6.07, 6.45) is 1.69. The zero-order chi connectivity index (χ0) is 17.4. The van der Waals surface area contributed by atoms with Crippen LogP contribution in [-0.2, 0) is 15.3 Å². The summed E-state index contributed by atoms with van der Waals surface area (Å²) in [5.74, 6) is -0.181. The number of likely N-dealkylation sites (tertiary alicyclic amines) is 1. The van der Waals surface area contributed by atoms with E-state index in [0.29, 0.717) is 36.7 Å². The number of carbonyl (C=O) groups is 2. The highest BCUT2D eigenvalue weighted by Crippen LogP contribution is 2.16. The topological polar surface area (TPSA) is 69.6 Å². The van der Waals surface area contributed by atoms with E-state index in [1.807, 2.05) is 0 Å². The van der Waals surface area contributed by atoms with Crippen LogP contribution < -0.4 is 5.32 Å². The smallest absolute Gasteiger partial charge is 0.311 e. The van der Waals surface area contributed by atoms with Gasteiger partial charge in [0.1, 0.15) is 5.82 Å². The van der Waals surface area contributed by atoms with Gasteiger partial charge in [-0.05, 0) is 30.4 Å². The molecule has 1 aromatic rings. The first-order valence-electron chi connectivity index (χ1n) is 8.11. The number of hydrogen-bond donors (Lipinski definition) is 2. The van der Waals surface area contributed by atoms with E-state index in [1.165, 1.54) is 22.7 Å². The SMILES string of the molecule is O=C(NCCSCc1ccccc1F)C(=O)N1CCC[C@@H](CO)C1. The van der Waals surface area contributed by atoms with Gasteiger partial charge < -0.3 is 15.3 Å². The van der Waals surface area contributed by atoms with Crippen molar-refractivity contribution in [1.82, 2.24) is 10.2 Å². The maximum absolute atomic E-state index is 13.4. The number of rotatable bonds is 6. The Bertz CT molecular complexity index is 571. The van der Waals surface area contributed by atoms with E-state index in [9.17, 15) is 19.1 Å². The molecule has 2 amide bonds. The van der Waals surface area contributed by atoms with E-state index in [1.54, 1.807) is 18.2 Å². The largest absolute Gasteiger partial charge is 0.396 e. The molecule has 132 valence electrons. The van der Waals surface area contributed by atoms with Gasteiger partial charge in [0.05, 0.1) is 0 Å². The van der Waals surface area contributed by atoms with Gasteiger partial charge in [0.25, 0.3) is 0 Å². The van der Waals surface area contributed by atoms with E-state index in [2.05, 4.69) is 5.32 Å². The first-order valence-corrected chi connectivity index (χ1v) is 9.26. The van der Waals surface area contributed by atoms with E-state index in [-0.39, 0.29) is 18.3 Å². The van der Waals surface area contributed by atoms with Crippen LogP contribution in [0.1, 0.15) is 18.4 Å². The Morgan fingerprint density at radius 3 is 2.92 bits per heavy atom. The zero-order valence-corrected chi connectivity index (χ0v) is 14.4. The molecular formula is C17H23FN2O3S. The van der Waals surface area contributed by atoms with Crippen molar-refractivity contribution in [3.63, 3.8) is 0 Å². The highest BCUT2D eigenvalue weighted by molar-refractivity contribution is 7.98. The third kappa shape index (κ3) is 5.49. The van der Waals surface area contributed by atoms with Crippen LogP contribution in [-0.4, -0.2) is 53.8 Å². The minimum Gasteiger partial charge on any atom is -0.396 e. The molecule has 1 heterocycles. The number of hydrogen-bond acceptors (Lipinski definition) is 4. The van der Waals surface area contributed by atoms with E-state index < -0.39 is 11.8 Å². The van der Waals surface area contributed by atoms with Crippen LogP contribution in [0.3, 0.4) is 0 Å². The molecule has 1 aliphatic heterocycles. The molecule has 1 atom stereocenters. The fourth-order valence-corrected chi connectivity index (χ4v) is 3.50. The Balaban J connectivity index is 1.65. The van der Waals surface area contributed by atoms with Crippen molar-refractivity contribution in [1.29, 1.82) is 0 Å². The molecule has 7 heteroatoms. The van der Waals surface area contributed by atoms with Crippen molar-refractivity contribution in [3.8, 4) is 0 Å². The van der Waals surface area contributed by atoms with Crippen molar-refractivity contribution in [3.05, 3.63) is 35.6 Å². The summed E-state index contributed by atoms with van der Waals surface area (Å²) in [7, 11) is 0.